The number of aromatic nitrogens is 5. The highest BCUT2D eigenvalue weighted by Crippen LogP contribution is 2.39. The number of ketones is 1. The highest BCUT2D eigenvalue weighted by atomic mass is 19.1. The van der Waals surface area contributed by atoms with Gasteiger partial charge in [0, 0.05) is 13.0 Å². The Kier molecular flexibility index (Phi) is 7.10. The van der Waals surface area contributed by atoms with Crippen LogP contribution in [0.4, 0.5) is 9.18 Å². The third-order valence-electron chi connectivity index (χ3n) is 6.00. The third kappa shape index (κ3) is 6.00. The normalized spacial score (nSPS) is 21.3. The number of amides is 1. The fourth-order valence-electron chi connectivity index (χ4n) is 3.99. The molecule has 9 nitrogen and oxygen atoms in total. The lowest BCUT2D eigenvalue weighted by Gasteiger charge is -2.34. The zero-order chi connectivity index (χ0) is 23.4. The van der Waals surface area contributed by atoms with E-state index in [2.05, 4.69) is 20.1 Å². The van der Waals surface area contributed by atoms with E-state index in [4.69, 9.17) is 4.74 Å². The summed E-state index contributed by atoms with van der Waals surface area (Å²) in [4.78, 5) is 38.6. The van der Waals surface area contributed by atoms with Crippen molar-refractivity contribution in [2.24, 2.45) is 11.8 Å². The molecule has 2 atom stereocenters. The molecule has 0 bridgehead atoms. The Balaban J connectivity index is 1.34. The summed E-state index contributed by atoms with van der Waals surface area (Å²) in [5.74, 6) is 0.600. The lowest BCUT2D eigenvalue weighted by molar-refractivity contribution is 0.0412. The smallest absolute Gasteiger partial charge is 0.410 e. The molecule has 2 aromatic heterocycles. The van der Waals surface area contributed by atoms with Gasteiger partial charge in [0.15, 0.2) is 11.6 Å². The number of hydrogen-bond acceptors (Lipinski definition) is 7. The molecule has 1 aliphatic carbocycles. The van der Waals surface area contributed by atoms with Crippen LogP contribution in [-0.4, -0.2) is 66.9 Å². The Labute approximate surface area is 192 Å². The van der Waals surface area contributed by atoms with Gasteiger partial charge < -0.3 is 9.64 Å². The quantitative estimate of drug-likeness (QED) is 0.442. The number of rotatable bonds is 8. The molecule has 0 N–H and O–H groups in total. The Morgan fingerprint density at radius 2 is 2.06 bits per heavy atom. The molecule has 1 saturated heterocycles. The molecule has 176 valence electrons. The number of likely N-dealkylation sites (tertiary alicyclic amines) is 1. The van der Waals surface area contributed by atoms with Crippen LogP contribution < -0.4 is 0 Å². The van der Waals surface area contributed by atoms with Crippen molar-refractivity contribution in [1.82, 2.24) is 29.6 Å². The van der Waals surface area contributed by atoms with E-state index >= 15 is 0 Å². The van der Waals surface area contributed by atoms with Crippen LogP contribution in [0, 0.1) is 11.8 Å². The second-order valence-corrected chi connectivity index (χ2v) is 8.93. The number of allylic oxidation sites excluding steroid dienone is 2. The lowest BCUT2D eigenvalue weighted by Crippen LogP contribution is -2.45. The van der Waals surface area contributed by atoms with Crippen LogP contribution in [0.2, 0.25) is 0 Å². The summed E-state index contributed by atoms with van der Waals surface area (Å²) in [6.45, 7) is 4.09. The molecule has 0 spiro atoms. The summed E-state index contributed by atoms with van der Waals surface area (Å²) in [6, 6.07) is 0. The Hall–Kier alpha value is -3.17. The minimum absolute atomic E-state index is 0.0511. The molecule has 0 unspecified atom stereocenters. The molecule has 2 aromatic rings. The minimum Gasteiger partial charge on any atom is -0.447 e. The molecule has 10 heteroatoms. The molecule has 1 saturated carbocycles. The predicted octanol–water partition coefficient (Wildman–Crippen LogP) is 3.56. The van der Waals surface area contributed by atoms with E-state index in [0.29, 0.717) is 36.8 Å². The molecule has 2 aliphatic rings. The topological polar surface area (TPSA) is 103 Å². The molecule has 2 fully saturated rings. The van der Waals surface area contributed by atoms with Crippen molar-refractivity contribution in [2.75, 3.05) is 13.1 Å². The Morgan fingerprint density at radius 1 is 1.24 bits per heavy atom. The van der Waals surface area contributed by atoms with E-state index in [1.54, 1.807) is 13.8 Å². The molecular weight excluding hydrogens is 427 g/mol. The largest absolute Gasteiger partial charge is 0.447 e. The van der Waals surface area contributed by atoms with E-state index in [1.165, 1.54) is 34.6 Å². The number of carbonyl (C=O) groups excluding carboxylic acids is 2. The van der Waals surface area contributed by atoms with Gasteiger partial charge in [-0.3, -0.25) is 4.79 Å². The number of piperidine rings is 1. The Bertz CT molecular complexity index is 988. The summed E-state index contributed by atoms with van der Waals surface area (Å²) < 4.78 is 21.4. The van der Waals surface area contributed by atoms with Gasteiger partial charge >= 0.3 is 6.09 Å². The van der Waals surface area contributed by atoms with Gasteiger partial charge in [-0.1, -0.05) is 11.6 Å². The Morgan fingerprint density at radius 3 is 2.67 bits per heavy atom. The SMILES string of the molecule is CC(C)OC(=O)N1CC[C@@H](C/C=C(/CC(=O)c2cnc(-n3cncn3)cn2)C2CC2)[C@@H](F)C1. The first kappa shape index (κ1) is 23.0. The molecule has 0 aromatic carbocycles. The standard InChI is InChI=1S/C23H29FN6O3/c1-15(2)33-23(32)29-8-7-17(19(24)12-29)5-6-18(16-3-4-16)9-21(31)20-10-27-22(11-26-20)30-14-25-13-28-30/h6,10-11,13-17,19H,3-5,7-9,12H2,1-2H3/b18-6-/t17-,19+/m1/s1. The molecular formula is C23H29FN6O3. The zero-order valence-electron chi connectivity index (χ0n) is 18.9. The summed E-state index contributed by atoms with van der Waals surface area (Å²) in [5, 5.41) is 3.99. The summed E-state index contributed by atoms with van der Waals surface area (Å²) >= 11 is 0. The van der Waals surface area contributed by atoms with Crippen molar-refractivity contribution < 1.29 is 18.7 Å². The molecule has 0 radical (unpaired) electrons. The molecule has 1 aliphatic heterocycles. The number of Topliss-reactive ketones (excluding diaryl/α,β-unsaturated/α-hetero) is 1. The second kappa shape index (κ2) is 10.2. The van der Waals surface area contributed by atoms with Gasteiger partial charge in [0.1, 0.15) is 24.5 Å². The van der Waals surface area contributed by atoms with Gasteiger partial charge in [0.25, 0.3) is 0 Å². The predicted molar refractivity (Wildman–Crippen MR) is 118 cm³/mol. The summed E-state index contributed by atoms with van der Waals surface area (Å²) in [6.07, 6.45) is 9.60. The van der Waals surface area contributed by atoms with Gasteiger partial charge in [-0.2, -0.15) is 5.10 Å². The highest BCUT2D eigenvalue weighted by molar-refractivity contribution is 5.95. The van der Waals surface area contributed by atoms with Crippen molar-refractivity contribution in [3.63, 3.8) is 0 Å². The first-order chi connectivity index (χ1) is 15.9. The van der Waals surface area contributed by atoms with Gasteiger partial charge in [-0.05, 0) is 51.4 Å². The van der Waals surface area contributed by atoms with Gasteiger partial charge in [-0.15, -0.1) is 0 Å². The summed E-state index contributed by atoms with van der Waals surface area (Å²) in [7, 11) is 0. The van der Waals surface area contributed by atoms with Gasteiger partial charge in [-0.25, -0.2) is 28.8 Å². The number of carbonyl (C=O) groups is 2. The minimum atomic E-state index is -1.11. The van der Waals surface area contributed by atoms with E-state index in [9.17, 15) is 14.0 Å². The van der Waals surface area contributed by atoms with Crippen molar-refractivity contribution in [2.45, 2.75) is 58.2 Å². The first-order valence-corrected chi connectivity index (χ1v) is 11.4. The number of halogens is 1. The highest BCUT2D eigenvalue weighted by Gasteiger charge is 2.33. The second-order valence-electron chi connectivity index (χ2n) is 8.93. The average molecular weight is 457 g/mol. The van der Waals surface area contributed by atoms with E-state index in [0.717, 1.165) is 18.4 Å². The molecule has 4 rings (SSSR count). The summed E-state index contributed by atoms with van der Waals surface area (Å²) in [5.41, 5.74) is 1.35. The maximum atomic E-state index is 14.8. The molecule has 3 heterocycles. The lowest BCUT2D eigenvalue weighted by atomic mass is 9.90. The maximum absolute atomic E-state index is 14.8. The number of alkyl halides is 1. The van der Waals surface area contributed by atoms with E-state index < -0.39 is 12.3 Å². The van der Waals surface area contributed by atoms with Crippen molar-refractivity contribution >= 4 is 11.9 Å². The monoisotopic (exact) mass is 456 g/mol. The van der Waals surface area contributed by atoms with Crippen LogP contribution in [-0.2, 0) is 4.74 Å². The molecule has 33 heavy (non-hydrogen) atoms. The van der Waals surface area contributed by atoms with Crippen LogP contribution in [0.3, 0.4) is 0 Å². The van der Waals surface area contributed by atoms with Crippen LogP contribution in [0.25, 0.3) is 5.82 Å². The fraction of sp³-hybridized carbons (Fsp3) is 0.565. The zero-order valence-corrected chi connectivity index (χ0v) is 18.9. The number of ether oxygens (including phenoxy) is 1. The van der Waals surface area contributed by atoms with Crippen LogP contribution in [0.15, 0.2) is 36.7 Å². The van der Waals surface area contributed by atoms with Crippen molar-refractivity contribution in [3.05, 3.63) is 42.4 Å². The third-order valence-corrected chi connectivity index (χ3v) is 6.00. The van der Waals surface area contributed by atoms with Gasteiger partial charge in [0.2, 0.25) is 0 Å². The van der Waals surface area contributed by atoms with Crippen molar-refractivity contribution in [1.29, 1.82) is 0 Å². The van der Waals surface area contributed by atoms with Crippen LogP contribution in [0.1, 0.15) is 56.4 Å². The molecule has 1 amide bonds. The van der Waals surface area contributed by atoms with Crippen LogP contribution >= 0.6 is 0 Å². The fourth-order valence-corrected chi connectivity index (χ4v) is 3.99. The van der Waals surface area contributed by atoms with Crippen LogP contribution in [0.5, 0.6) is 0 Å². The number of nitrogens with zero attached hydrogens (tertiary/aromatic N) is 6. The van der Waals surface area contributed by atoms with Gasteiger partial charge in [0.05, 0.1) is 25.0 Å². The first-order valence-electron chi connectivity index (χ1n) is 11.4. The maximum Gasteiger partial charge on any atom is 0.410 e. The van der Waals surface area contributed by atoms with E-state index in [1.807, 2.05) is 6.08 Å². The van der Waals surface area contributed by atoms with Crippen molar-refractivity contribution in [3.8, 4) is 5.82 Å². The number of hydrogen-bond donors (Lipinski definition) is 0. The van der Waals surface area contributed by atoms with E-state index in [-0.39, 0.29) is 30.8 Å². The average Bonchev–Trinajstić information content (AvgIpc) is 3.50.